The van der Waals surface area contributed by atoms with Crippen LogP contribution in [-0.4, -0.2) is 101 Å². The van der Waals surface area contributed by atoms with E-state index in [0.717, 1.165) is 62.3 Å². The number of benzene rings is 1. The van der Waals surface area contributed by atoms with Crippen molar-refractivity contribution in [2.24, 2.45) is 0 Å². The largest absolute Gasteiger partial charge is 0.466 e. The third kappa shape index (κ3) is 6.52. The molecule has 2 amide bonds. The Bertz CT molecular complexity index is 1460. The zero-order chi connectivity index (χ0) is 31.7. The van der Waals surface area contributed by atoms with Gasteiger partial charge in [0, 0.05) is 102 Å². The second-order valence-electron chi connectivity index (χ2n) is 12.3. The Balaban J connectivity index is 1.23. The predicted octanol–water partition coefficient (Wildman–Crippen LogP) is 5.11. The van der Waals surface area contributed by atoms with Gasteiger partial charge in [0.05, 0.1) is 24.1 Å². The van der Waals surface area contributed by atoms with Crippen molar-refractivity contribution in [3.63, 3.8) is 0 Å². The molecule has 3 fully saturated rings. The number of methoxy groups -OCH3 is 1. The number of halogens is 2. The summed E-state index contributed by atoms with van der Waals surface area (Å²) in [6.07, 6.45) is 10.5. The summed E-state index contributed by atoms with van der Waals surface area (Å²) in [4.78, 5) is 51.8. The van der Waals surface area contributed by atoms with Crippen LogP contribution in [0.5, 0.6) is 0 Å². The molecule has 0 aliphatic carbocycles. The van der Waals surface area contributed by atoms with Crippen molar-refractivity contribution < 1.29 is 19.1 Å². The van der Waals surface area contributed by atoms with Crippen molar-refractivity contribution in [2.75, 3.05) is 40.3 Å². The number of aromatic nitrogens is 1. The standard InChI is InChI=1S/C33H39Cl2N5O4S/c1-37-21(8-9-29-36-10-15-45-29)18-25(31-26(34)4-3-5-27(31)35)32(33(43)44-2)28(37)19-30(42)39-13-11-38(12-14-39)24-16-22-6-7-23(17-24)40(22)20-41/h3-5,10,15,18,20,22-25H,6-9,11-14,16-17,19H2,1-2H3. The van der Waals surface area contributed by atoms with Gasteiger partial charge in [0.25, 0.3) is 0 Å². The fourth-order valence-electron chi connectivity index (χ4n) is 7.63. The molecule has 6 rings (SSSR count). The zero-order valence-corrected chi connectivity index (χ0v) is 28.0. The predicted molar refractivity (Wildman–Crippen MR) is 175 cm³/mol. The van der Waals surface area contributed by atoms with Crippen LogP contribution >= 0.6 is 34.5 Å². The number of carbonyl (C=O) groups is 3. The highest BCUT2D eigenvalue weighted by Gasteiger charge is 2.43. The van der Waals surface area contributed by atoms with E-state index >= 15 is 0 Å². The highest BCUT2D eigenvalue weighted by atomic mass is 35.5. The number of hydrogen-bond donors (Lipinski definition) is 0. The van der Waals surface area contributed by atoms with E-state index in [2.05, 4.69) is 9.88 Å². The lowest BCUT2D eigenvalue weighted by molar-refractivity contribution is -0.136. The molecule has 4 aliphatic heterocycles. The summed E-state index contributed by atoms with van der Waals surface area (Å²) in [5, 5.41) is 3.86. The monoisotopic (exact) mass is 671 g/mol. The van der Waals surface area contributed by atoms with Crippen LogP contribution in [0.4, 0.5) is 0 Å². The van der Waals surface area contributed by atoms with Gasteiger partial charge in [-0.15, -0.1) is 11.3 Å². The third-order valence-electron chi connectivity index (χ3n) is 10.00. The summed E-state index contributed by atoms with van der Waals surface area (Å²) in [5.74, 6) is -1.12. The average Bonchev–Trinajstić information content (AvgIpc) is 3.65. The molecule has 240 valence electrons. The van der Waals surface area contributed by atoms with Gasteiger partial charge >= 0.3 is 5.97 Å². The number of fused-ring (bicyclic) bond motifs is 2. The van der Waals surface area contributed by atoms with Crippen molar-refractivity contribution in [1.29, 1.82) is 0 Å². The summed E-state index contributed by atoms with van der Waals surface area (Å²) in [6.45, 7) is 2.84. The van der Waals surface area contributed by atoms with Crippen molar-refractivity contribution in [3.8, 4) is 0 Å². The topological polar surface area (TPSA) is 86.3 Å². The first-order valence-electron chi connectivity index (χ1n) is 15.6. The van der Waals surface area contributed by atoms with Gasteiger partial charge < -0.3 is 19.4 Å². The number of amides is 2. The van der Waals surface area contributed by atoms with Gasteiger partial charge in [0.15, 0.2) is 0 Å². The molecule has 3 atom stereocenters. The Labute approximate surface area is 278 Å². The number of piperazine rings is 1. The molecule has 1 aromatic heterocycles. The first kappa shape index (κ1) is 32.0. The number of nitrogens with zero attached hydrogens (tertiary/aromatic N) is 5. The molecular formula is C33H39Cl2N5O4S. The van der Waals surface area contributed by atoms with Crippen LogP contribution < -0.4 is 0 Å². The molecule has 0 spiro atoms. The highest BCUT2D eigenvalue weighted by molar-refractivity contribution is 7.09. The van der Waals surface area contributed by atoms with Crippen LogP contribution in [-0.2, 0) is 25.5 Å². The van der Waals surface area contributed by atoms with E-state index in [-0.39, 0.29) is 12.3 Å². The summed E-state index contributed by atoms with van der Waals surface area (Å²) >= 11 is 15.0. The van der Waals surface area contributed by atoms with Gasteiger partial charge in [-0.2, -0.15) is 0 Å². The Kier molecular flexibility index (Phi) is 9.85. The Morgan fingerprint density at radius 1 is 1.04 bits per heavy atom. The molecule has 2 aromatic rings. The second-order valence-corrected chi connectivity index (χ2v) is 14.1. The van der Waals surface area contributed by atoms with Gasteiger partial charge in [-0.25, -0.2) is 9.78 Å². The van der Waals surface area contributed by atoms with E-state index < -0.39 is 11.9 Å². The summed E-state index contributed by atoms with van der Waals surface area (Å²) < 4.78 is 5.30. The normalized spacial score (nSPS) is 25.4. The van der Waals surface area contributed by atoms with Crippen molar-refractivity contribution in [3.05, 3.63) is 73.4 Å². The van der Waals surface area contributed by atoms with Gasteiger partial charge in [0.2, 0.25) is 12.3 Å². The van der Waals surface area contributed by atoms with E-state index in [9.17, 15) is 14.4 Å². The van der Waals surface area contributed by atoms with Gasteiger partial charge in [-0.1, -0.05) is 35.3 Å². The SMILES string of the molecule is COC(=O)C1=C(CC(=O)N2CCN(C3CC4CCC(C3)N4C=O)CC2)N(C)C(CCc2nccs2)=CC1c1c(Cl)cccc1Cl. The number of esters is 1. The number of ether oxygens (including phenoxy) is 1. The molecule has 12 heteroatoms. The maximum Gasteiger partial charge on any atom is 0.336 e. The molecule has 0 saturated carbocycles. The summed E-state index contributed by atoms with van der Waals surface area (Å²) in [7, 11) is 3.26. The van der Waals surface area contributed by atoms with E-state index in [1.54, 1.807) is 35.7 Å². The highest BCUT2D eigenvalue weighted by Crippen LogP contribution is 2.44. The molecule has 2 bridgehead atoms. The molecule has 0 radical (unpaired) electrons. The Hall–Kier alpha value is -2.92. The molecule has 1 aromatic carbocycles. The minimum atomic E-state index is -0.576. The quantitative estimate of drug-likeness (QED) is 0.271. The lowest BCUT2D eigenvalue weighted by atomic mass is 9.84. The fourth-order valence-corrected chi connectivity index (χ4v) is 8.89. The number of allylic oxidation sites excluding steroid dienone is 2. The number of hydrogen-bond acceptors (Lipinski definition) is 8. The maximum absolute atomic E-state index is 13.9. The molecular weight excluding hydrogens is 633 g/mol. The zero-order valence-electron chi connectivity index (χ0n) is 25.7. The van der Waals surface area contributed by atoms with Crippen molar-refractivity contribution in [1.82, 2.24) is 24.6 Å². The van der Waals surface area contributed by atoms with E-state index in [1.165, 1.54) is 7.11 Å². The van der Waals surface area contributed by atoms with Crippen LogP contribution in [0.25, 0.3) is 0 Å². The molecule has 5 heterocycles. The molecule has 3 saturated heterocycles. The molecule has 0 N–H and O–H groups in total. The first-order chi connectivity index (χ1) is 21.8. The van der Waals surface area contributed by atoms with Crippen LogP contribution in [0.1, 0.15) is 55.0 Å². The van der Waals surface area contributed by atoms with E-state index in [1.807, 2.05) is 33.2 Å². The smallest absolute Gasteiger partial charge is 0.336 e. The number of aryl methyl sites for hydroxylation is 1. The second kappa shape index (κ2) is 13.8. The van der Waals surface area contributed by atoms with Crippen molar-refractivity contribution in [2.45, 2.75) is 69.0 Å². The fraction of sp³-hybridized carbons (Fsp3) is 0.515. The minimum Gasteiger partial charge on any atom is -0.466 e. The van der Waals surface area contributed by atoms with Gasteiger partial charge in [-0.05, 0) is 44.2 Å². The minimum absolute atomic E-state index is 0.0288. The number of rotatable bonds is 9. The number of carbonyl (C=O) groups excluding carboxylic acids is 3. The summed E-state index contributed by atoms with van der Waals surface area (Å²) in [6, 6.07) is 6.43. The molecule has 3 unspecified atom stereocenters. The van der Waals surface area contributed by atoms with E-state index in [0.29, 0.717) is 64.5 Å². The van der Waals surface area contributed by atoms with Crippen LogP contribution in [0.15, 0.2) is 52.8 Å². The average molecular weight is 673 g/mol. The maximum atomic E-state index is 13.9. The lowest BCUT2D eigenvalue weighted by Crippen LogP contribution is -2.56. The van der Waals surface area contributed by atoms with Crippen LogP contribution in [0.3, 0.4) is 0 Å². The van der Waals surface area contributed by atoms with Crippen LogP contribution in [0, 0.1) is 0 Å². The van der Waals surface area contributed by atoms with E-state index in [4.69, 9.17) is 27.9 Å². The van der Waals surface area contributed by atoms with Gasteiger partial charge in [-0.3, -0.25) is 14.5 Å². The third-order valence-corrected chi connectivity index (χ3v) is 11.5. The summed E-state index contributed by atoms with van der Waals surface area (Å²) in [5.41, 5.74) is 2.55. The molecule has 9 nitrogen and oxygen atoms in total. The lowest BCUT2D eigenvalue weighted by Gasteiger charge is -2.45. The number of piperidine rings is 1. The first-order valence-corrected chi connectivity index (χ1v) is 17.2. The van der Waals surface area contributed by atoms with Crippen LogP contribution in [0.2, 0.25) is 10.0 Å². The number of thiazole rings is 1. The van der Waals surface area contributed by atoms with Gasteiger partial charge in [0.1, 0.15) is 0 Å². The molecule has 4 aliphatic rings. The Morgan fingerprint density at radius 3 is 2.33 bits per heavy atom. The van der Waals surface area contributed by atoms with Crippen molar-refractivity contribution >= 4 is 52.8 Å². The molecule has 45 heavy (non-hydrogen) atoms. The Morgan fingerprint density at radius 2 is 1.73 bits per heavy atom.